The Hall–Kier alpha value is -8.91. The number of phenols is 12. The molecule has 12 N–H and O–H groups in total. The zero-order chi connectivity index (χ0) is 45.2. The molecule has 0 saturated carbocycles. The molecule has 0 fully saturated rings. The SMILES string of the molecule is Bc1c(O)c(O)c2c(c1O)c1c(O)c(-c3c(O)c(O)c4c(c3O)c3c(O)c(O)c(O)c(O)c3n4-c3cccc(-c4ccccc4)c3)c(O)c(B)c1n2-c1cccc(-c2ccccc2)c1. The molecule has 10 rings (SSSR count). The van der Waals surface area contributed by atoms with E-state index in [1.807, 2.05) is 66.7 Å². The normalized spacial score (nSPS) is 11.7. The number of rotatable bonds is 5. The number of fused-ring (bicyclic) bond motifs is 6. The highest BCUT2D eigenvalue weighted by molar-refractivity contribution is 6.45. The third-order valence-corrected chi connectivity index (χ3v) is 12.1. The van der Waals surface area contributed by atoms with Crippen molar-refractivity contribution in [1.29, 1.82) is 0 Å². The van der Waals surface area contributed by atoms with Crippen LogP contribution in [0.1, 0.15) is 0 Å². The molecule has 314 valence electrons. The van der Waals surface area contributed by atoms with E-state index in [2.05, 4.69) is 0 Å². The highest BCUT2D eigenvalue weighted by Gasteiger charge is 2.36. The third-order valence-electron chi connectivity index (χ3n) is 12.1. The van der Waals surface area contributed by atoms with Crippen LogP contribution in [0.15, 0.2) is 109 Å². The van der Waals surface area contributed by atoms with E-state index in [4.69, 9.17) is 0 Å². The minimum Gasteiger partial charge on any atom is -0.508 e. The fourth-order valence-electron chi connectivity index (χ4n) is 9.04. The first-order valence-electron chi connectivity index (χ1n) is 19.7. The number of nitrogens with zero attached hydrogens (tertiary/aromatic N) is 2. The van der Waals surface area contributed by atoms with Crippen molar-refractivity contribution in [2.45, 2.75) is 0 Å². The van der Waals surface area contributed by atoms with Gasteiger partial charge in [0.2, 0.25) is 11.5 Å². The third kappa shape index (κ3) is 5.16. The lowest BCUT2D eigenvalue weighted by Gasteiger charge is -2.19. The maximum atomic E-state index is 12.5. The molecule has 0 saturated heterocycles. The van der Waals surface area contributed by atoms with Crippen molar-refractivity contribution in [1.82, 2.24) is 9.13 Å². The van der Waals surface area contributed by atoms with Crippen LogP contribution in [0.3, 0.4) is 0 Å². The minimum absolute atomic E-state index is 0.0247. The van der Waals surface area contributed by atoms with Crippen LogP contribution in [0.2, 0.25) is 0 Å². The van der Waals surface area contributed by atoms with Gasteiger partial charge in [-0.1, -0.05) is 84.9 Å². The van der Waals surface area contributed by atoms with Gasteiger partial charge in [-0.3, -0.25) is 0 Å². The average molecular weight is 852 g/mol. The van der Waals surface area contributed by atoms with Crippen molar-refractivity contribution < 1.29 is 61.3 Å². The van der Waals surface area contributed by atoms with Gasteiger partial charge in [-0.05, 0) is 57.4 Å². The molecule has 8 aromatic carbocycles. The lowest BCUT2D eigenvalue weighted by Crippen LogP contribution is -2.11. The summed E-state index contributed by atoms with van der Waals surface area (Å²) in [5, 5.41) is 139. The molecule has 0 radical (unpaired) electrons. The number of hydrogen-bond acceptors (Lipinski definition) is 12. The summed E-state index contributed by atoms with van der Waals surface area (Å²) >= 11 is 0. The van der Waals surface area contributed by atoms with E-state index in [0.29, 0.717) is 11.3 Å². The number of phenolic OH excluding ortho intramolecular Hbond substituents is 12. The van der Waals surface area contributed by atoms with E-state index < -0.39 is 102 Å². The van der Waals surface area contributed by atoms with E-state index in [-0.39, 0.29) is 38.4 Å². The predicted octanol–water partition coefficient (Wildman–Crippen LogP) is 5.87. The molecule has 0 bridgehead atoms. The standard InChI is InChI=1S/C48H34B2N2O12/c49-31-33-25(27-35(45(61)43(59)32(50)39(27)55)51(33)23-15-7-13-21(17-23)19-9-3-1-4-10-19)37(53)29(40(31)56)30-38(54)26-28-36(46(62)48(64)47(63)41(28)57)52(34(26)44(60)42(30)58)24-16-8-14-22(18-24)20-11-5-2-6-12-20/h1-18,53-64H,49-50H2. The summed E-state index contributed by atoms with van der Waals surface area (Å²) in [6, 6.07) is 32.1. The van der Waals surface area contributed by atoms with Crippen LogP contribution in [-0.4, -0.2) is 86.1 Å². The topological polar surface area (TPSA) is 253 Å². The van der Waals surface area contributed by atoms with Gasteiger partial charge >= 0.3 is 0 Å². The highest BCUT2D eigenvalue weighted by Crippen LogP contribution is 2.62. The molecule has 0 aliphatic carbocycles. The first kappa shape index (κ1) is 39.2. The Morgan fingerprint density at radius 2 is 0.656 bits per heavy atom. The van der Waals surface area contributed by atoms with E-state index in [9.17, 15) is 61.3 Å². The predicted molar refractivity (Wildman–Crippen MR) is 248 cm³/mol. The van der Waals surface area contributed by atoms with Crippen molar-refractivity contribution >= 4 is 70.2 Å². The summed E-state index contributed by atoms with van der Waals surface area (Å²) in [6.07, 6.45) is 0. The largest absolute Gasteiger partial charge is 0.508 e. The number of hydrogen-bond donors (Lipinski definition) is 12. The summed E-state index contributed by atoms with van der Waals surface area (Å²) in [4.78, 5) is 0. The second kappa shape index (κ2) is 13.8. The van der Waals surface area contributed by atoms with Gasteiger partial charge < -0.3 is 70.4 Å². The first-order valence-corrected chi connectivity index (χ1v) is 19.7. The highest BCUT2D eigenvalue weighted by atomic mass is 16.3. The molecule has 2 aromatic heterocycles. The second-order valence-electron chi connectivity index (χ2n) is 15.6. The van der Waals surface area contributed by atoms with Crippen molar-refractivity contribution in [3.63, 3.8) is 0 Å². The Balaban J connectivity index is 1.34. The maximum Gasteiger partial charge on any atom is 0.206 e. The zero-order valence-electron chi connectivity index (χ0n) is 33.7. The van der Waals surface area contributed by atoms with E-state index >= 15 is 0 Å². The van der Waals surface area contributed by atoms with Crippen LogP contribution in [0.25, 0.3) is 88.4 Å². The van der Waals surface area contributed by atoms with Gasteiger partial charge in [-0.15, -0.1) is 0 Å². The molecule has 10 aromatic rings. The summed E-state index contributed by atoms with van der Waals surface area (Å²) in [7, 11) is 2.76. The molecular weight excluding hydrogens is 818 g/mol. The van der Waals surface area contributed by atoms with Crippen molar-refractivity contribution in [2.75, 3.05) is 0 Å². The van der Waals surface area contributed by atoms with Crippen molar-refractivity contribution in [3.8, 4) is 114 Å². The summed E-state index contributed by atoms with van der Waals surface area (Å²) in [5.41, 5.74) is 0.819. The van der Waals surface area contributed by atoms with Gasteiger partial charge in [0, 0.05) is 11.4 Å². The van der Waals surface area contributed by atoms with Crippen LogP contribution in [0.5, 0.6) is 69.0 Å². The molecule has 0 amide bonds. The van der Waals surface area contributed by atoms with E-state index in [0.717, 1.165) is 21.3 Å². The van der Waals surface area contributed by atoms with Gasteiger partial charge in [0.25, 0.3) is 0 Å². The first-order chi connectivity index (χ1) is 30.6. The van der Waals surface area contributed by atoms with Gasteiger partial charge in [0.1, 0.15) is 55.2 Å². The smallest absolute Gasteiger partial charge is 0.206 e. The summed E-state index contributed by atoms with van der Waals surface area (Å²) in [6.45, 7) is 0. The monoisotopic (exact) mass is 852 g/mol. The van der Waals surface area contributed by atoms with Crippen molar-refractivity contribution in [3.05, 3.63) is 109 Å². The number of benzene rings is 8. The Kier molecular flexibility index (Phi) is 8.46. The Morgan fingerprint density at radius 3 is 1.17 bits per heavy atom. The van der Waals surface area contributed by atoms with Crippen LogP contribution in [0.4, 0.5) is 0 Å². The molecule has 64 heavy (non-hydrogen) atoms. The van der Waals surface area contributed by atoms with Gasteiger partial charge in [0.05, 0.1) is 38.2 Å². The molecule has 0 spiro atoms. The van der Waals surface area contributed by atoms with Crippen LogP contribution >= 0.6 is 0 Å². The summed E-state index contributed by atoms with van der Waals surface area (Å²) in [5.74, 6) is -11.0. The second-order valence-corrected chi connectivity index (χ2v) is 15.6. The Labute approximate surface area is 362 Å². The number of aromatic nitrogens is 2. The van der Waals surface area contributed by atoms with Gasteiger partial charge in [-0.25, -0.2) is 0 Å². The van der Waals surface area contributed by atoms with Crippen LogP contribution in [-0.2, 0) is 0 Å². The average Bonchev–Trinajstić information content (AvgIpc) is 3.88. The van der Waals surface area contributed by atoms with Gasteiger partial charge in [-0.2, -0.15) is 0 Å². The summed E-state index contributed by atoms with van der Waals surface area (Å²) < 4.78 is 2.57. The fourth-order valence-corrected chi connectivity index (χ4v) is 9.04. The maximum absolute atomic E-state index is 12.5. The lowest BCUT2D eigenvalue weighted by atomic mass is 9.85. The quantitative estimate of drug-likeness (QED) is 0.0552. The number of aromatic hydroxyl groups is 12. The Bertz CT molecular complexity index is 3420. The molecule has 0 aliphatic rings. The molecule has 16 heteroatoms. The van der Waals surface area contributed by atoms with Crippen molar-refractivity contribution in [2.24, 2.45) is 0 Å². The van der Waals surface area contributed by atoms with Crippen LogP contribution in [0, 0.1) is 0 Å². The molecule has 0 aliphatic heterocycles. The molecular formula is C48H34B2N2O12. The molecule has 14 nitrogen and oxygen atoms in total. The minimum atomic E-state index is -1.18. The van der Waals surface area contributed by atoms with E-state index in [1.54, 1.807) is 42.5 Å². The van der Waals surface area contributed by atoms with Gasteiger partial charge in [0.15, 0.2) is 34.5 Å². The Morgan fingerprint density at radius 1 is 0.281 bits per heavy atom. The molecule has 2 heterocycles. The fraction of sp³-hybridized carbons (Fsp3) is 0. The zero-order valence-corrected chi connectivity index (χ0v) is 33.7. The van der Waals surface area contributed by atoms with E-state index in [1.165, 1.54) is 20.3 Å². The van der Waals surface area contributed by atoms with Crippen LogP contribution < -0.4 is 10.9 Å². The molecule has 0 atom stereocenters. The lowest BCUT2D eigenvalue weighted by molar-refractivity contribution is 0.350. The molecule has 0 unspecified atom stereocenters.